The smallest absolute Gasteiger partial charge is 0.328 e. The molecule has 0 unspecified atom stereocenters. The molecule has 5 heteroatoms. The van der Waals surface area contributed by atoms with Gasteiger partial charge in [0.05, 0.1) is 6.61 Å². The van der Waals surface area contributed by atoms with Crippen molar-refractivity contribution in [1.82, 2.24) is 0 Å². The van der Waals surface area contributed by atoms with Crippen molar-refractivity contribution in [2.24, 2.45) is 0 Å². The molecule has 1 aliphatic rings. The molecule has 100 valence electrons. The van der Waals surface area contributed by atoms with Crippen LogP contribution in [0.25, 0.3) is 5.57 Å². The van der Waals surface area contributed by atoms with Crippen LogP contribution in [-0.2, 0) is 16.0 Å². The van der Waals surface area contributed by atoms with Gasteiger partial charge in [-0.25, -0.2) is 4.79 Å². The molecule has 0 fully saturated rings. The summed E-state index contributed by atoms with van der Waals surface area (Å²) in [6.45, 7) is -0.333. The van der Waals surface area contributed by atoms with Crippen LogP contribution in [0.15, 0.2) is 24.3 Å². The van der Waals surface area contributed by atoms with Gasteiger partial charge < -0.3 is 15.1 Å². The van der Waals surface area contributed by atoms with Gasteiger partial charge in [-0.1, -0.05) is 6.07 Å². The quantitative estimate of drug-likeness (QED) is 0.797. The maximum absolute atomic E-state index is 11.6. The second-order valence-corrected chi connectivity index (χ2v) is 4.46. The highest BCUT2D eigenvalue weighted by molar-refractivity contribution is 5.96. The van der Waals surface area contributed by atoms with Crippen LogP contribution in [0.2, 0.25) is 0 Å². The SMILES string of the molecule is CN1C(=O)CCc2cc(/C(=C/C(=O)O)CO)ccc21. The number of carbonyl (C=O) groups is 2. The van der Waals surface area contributed by atoms with E-state index in [9.17, 15) is 14.7 Å². The van der Waals surface area contributed by atoms with Crippen LogP contribution in [0.3, 0.4) is 0 Å². The number of rotatable bonds is 3. The van der Waals surface area contributed by atoms with Gasteiger partial charge in [-0.2, -0.15) is 0 Å². The summed E-state index contributed by atoms with van der Waals surface area (Å²) in [5, 5.41) is 18.0. The van der Waals surface area contributed by atoms with Crippen LogP contribution in [0.1, 0.15) is 17.5 Å². The third-order valence-corrected chi connectivity index (χ3v) is 3.26. The maximum atomic E-state index is 11.6. The molecule has 2 rings (SSSR count). The largest absolute Gasteiger partial charge is 0.478 e. The standard InChI is InChI=1S/C14H15NO4/c1-15-12-4-2-9(11(8-16)7-14(18)19)6-10(12)3-5-13(15)17/h2,4,6-7,16H,3,5,8H2,1H3,(H,18,19)/b11-7+. The molecule has 0 radical (unpaired) electrons. The van der Waals surface area contributed by atoms with E-state index in [2.05, 4.69) is 0 Å². The van der Waals surface area contributed by atoms with E-state index in [0.717, 1.165) is 17.3 Å². The zero-order valence-electron chi connectivity index (χ0n) is 10.6. The first kappa shape index (κ1) is 13.3. The van der Waals surface area contributed by atoms with Crippen molar-refractivity contribution in [3.05, 3.63) is 35.4 Å². The Kier molecular flexibility index (Phi) is 3.66. The number of hydrogen-bond acceptors (Lipinski definition) is 3. The lowest BCUT2D eigenvalue weighted by Crippen LogP contribution is -2.31. The van der Waals surface area contributed by atoms with E-state index in [4.69, 9.17) is 5.11 Å². The van der Waals surface area contributed by atoms with Crippen molar-refractivity contribution in [3.63, 3.8) is 0 Å². The maximum Gasteiger partial charge on any atom is 0.328 e. The molecule has 19 heavy (non-hydrogen) atoms. The minimum absolute atomic E-state index is 0.0729. The van der Waals surface area contributed by atoms with Crippen molar-refractivity contribution >= 4 is 23.1 Å². The number of nitrogens with zero attached hydrogens (tertiary/aromatic N) is 1. The number of carbonyl (C=O) groups excluding carboxylic acids is 1. The molecule has 5 nitrogen and oxygen atoms in total. The monoisotopic (exact) mass is 261 g/mol. The Morgan fingerprint density at radius 3 is 2.79 bits per heavy atom. The first-order valence-corrected chi connectivity index (χ1v) is 5.97. The fraction of sp³-hybridized carbons (Fsp3) is 0.286. The van der Waals surface area contributed by atoms with Gasteiger partial charge in [0, 0.05) is 25.2 Å². The Bertz CT molecular complexity index is 563. The van der Waals surface area contributed by atoms with Gasteiger partial charge >= 0.3 is 5.97 Å². The first-order chi connectivity index (χ1) is 9.02. The van der Waals surface area contributed by atoms with Crippen molar-refractivity contribution < 1.29 is 19.8 Å². The Hall–Kier alpha value is -2.14. The van der Waals surface area contributed by atoms with Crippen LogP contribution in [0.4, 0.5) is 5.69 Å². The molecule has 0 atom stereocenters. The molecular weight excluding hydrogens is 246 g/mol. The Morgan fingerprint density at radius 1 is 1.42 bits per heavy atom. The Labute approximate surface area is 110 Å². The highest BCUT2D eigenvalue weighted by Gasteiger charge is 2.21. The summed E-state index contributed by atoms with van der Waals surface area (Å²) in [4.78, 5) is 23.9. The van der Waals surface area contributed by atoms with Gasteiger partial charge in [0.15, 0.2) is 0 Å². The van der Waals surface area contributed by atoms with Gasteiger partial charge in [-0.3, -0.25) is 4.79 Å². The van der Waals surface area contributed by atoms with Crippen LogP contribution in [-0.4, -0.2) is 35.7 Å². The topological polar surface area (TPSA) is 77.8 Å². The fourth-order valence-corrected chi connectivity index (χ4v) is 2.23. The molecule has 1 aromatic rings. The summed E-state index contributed by atoms with van der Waals surface area (Å²) in [5.41, 5.74) is 2.86. The van der Waals surface area contributed by atoms with Gasteiger partial charge in [0.1, 0.15) is 0 Å². The number of amides is 1. The normalized spacial score (nSPS) is 15.4. The molecule has 1 heterocycles. The van der Waals surface area contributed by atoms with E-state index in [1.165, 1.54) is 0 Å². The lowest BCUT2D eigenvalue weighted by molar-refractivity contribution is -0.131. The van der Waals surface area contributed by atoms with E-state index < -0.39 is 5.97 Å². The van der Waals surface area contributed by atoms with E-state index in [1.54, 1.807) is 24.1 Å². The summed E-state index contributed by atoms with van der Waals surface area (Å²) in [5.74, 6) is -1.02. The second-order valence-electron chi connectivity index (χ2n) is 4.46. The predicted molar refractivity (Wildman–Crippen MR) is 70.9 cm³/mol. The number of aliphatic hydroxyl groups excluding tert-OH is 1. The second kappa shape index (κ2) is 5.24. The van der Waals surface area contributed by atoms with Gasteiger partial charge in [0.25, 0.3) is 0 Å². The average molecular weight is 261 g/mol. The number of aliphatic carboxylic acids is 1. The lowest BCUT2D eigenvalue weighted by atomic mass is 9.96. The molecule has 0 bridgehead atoms. The van der Waals surface area contributed by atoms with Crippen molar-refractivity contribution in [1.29, 1.82) is 0 Å². The summed E-state index contributed by atoms with van der Waals surface area (Å²) in [7, 11) is 1.72. The van der Waals surface area contributed by atoms with Crippen LogP contribution >= 0.6 is 0 Å². The summed E-state index contributed by atoms with van der Waals surface area (Å²) in [6, 6.07) is 5.34. The third kappa shape index (κ3) is 2.66. The van der Waals surface area contributed by atoms with Crippen LogP contribution in [0.5, 0.6) is 0 Å². The number of carboxylic acid groups (broad SMARTS) is 1. The zero-order valence-corrected chi connectivity index (χ0v) is 10.6. The number of carboxylic acids is 1. The van der Waals surface area contributed by atoms with E-state index in [-0.39, 0.29) is 12.5 Å². The molecule has 0 aromatic heterocycles. The average Bonchev–Trinajstić information content (AvgIpc) is 2.40. The molecule has 2 N–H and O–H groups in total. The number of hydrogen-bond donors (Lipinski definition) is 2. The van der Waals surface area contributed by atoms with E-state index >= 15 is 0 Å². The Morgan fingerprint density at radius 2 is 2.16 bits per heavy atom. The Balaban J connectivity index is 2.41. The van der Waals surface area contributed by atoms with E-state index in [0.29, 0.717) is 24.0 Å². The molecule has 1 aliphatic heterocycles. The highest BCUT2D eigenvalue weighted by atomic mass is 16.4. The summed E-state index contributed by atoms with van der Waals surface area (Å²) < 4.78 is 0. The van der Waals surface area contributed by atoms with Gasteiger partial charge in [0.2, 0.25) is 5.91 Å². The summed E-state index contributed by atoms with van der Waals surface area (Å²) >= 11 is 0. The number of aliphatic hydroxyl groups is 1. The molecule has 0 saturated carbocycles. The minimum Gasteiger partial charge on any atom is -0.478 e. The lowest BCUT2D eigenvalue weighted by Gasteiger charge is -2.26. The van der Waals surface area contributed by atoms with Crippen molar-refractivity contribution in [3.8, 4) is 0 Å². The number of benzene rings is 1. The number of anilines is 1. The van der Waals surface area contributed by atoms with Crippen LogP contribution < -0.4 is 4.90 Å². The third-order valence-electron chi connectivity index (χ3n) is 3.26. The number of fused-ring (bicyclic) bond motifs is 1. The predicted octanol–water partition coefficient (Wildman–Crippen LogP) is 1.06. The molecule has 0 spiro atoms. The molecule has 0 aliphatic carbocycles. The highest BCUT2D eigenvalue weighted by Crippen LogP contribution is 2.29. The molecular formula is C14H15NO4. The fourth-order valence-electron chi connectivity index (χ4n) is 2.23. The van der Waals surface area contributed by atoms with Gasteiger partial charge in [-0.15, -0.1) is 0 Å². The van der Waals surface area contributed by atoms with E-state index in [1.807, 2.05) is 6.07 Å². The minimum atomic E-state index is -1.09. The molecule has 1 aromatic carbocycles. The van der Waals surface area contributed by atoms with Crippen molar-refractivity contribution in [2.75, 3.05) is 18.6 Å². The van der Waals surface area contributed by atoms with Gasteiger partial charge in [-0.05, 0) is 35.3 Å². The first-order valence-electron chi connectivity index (χ1n) is 5.97. The van der Waals surface area contributed by atoms with Crippen molar-refractivity contribution in [2.45, 2.75) is 12.8 Å². The zero-order chi connectivity index (χ0) is 14.0. The number of aryl methyl sites for hydroxylation is 1. The summed E-state index contributed by atoms with van der Waals surface area (Å²) in [6.07, 6.45) is 2.08. The molecule has 0 saturated heterocycles. The van der Waals surface area contributed by atoms with Crippen LogP contribution in [0, 0.1) is 0 Å². The molecule has 1 amide bonds.